The van der Waals surface area contributed by atoms with E-state index in [1.54, 1.807) is 11.8 Å². The summed E-state index contributed by atoms with van der Waals surface area (Å²) >= 11 is 1.66. The highest BCUT2D eigenvalue weighted by molar-refractivity contribution is 8.03. The molecule has 2 aromatic carbocycles. The molecule has 0 atom stereocenters. The van der Waals surface area contributed by atoms with E-state index in [1.165, 1.54) is 5.39 Å². The Labute approximate surface area is 469 Å². The summed E-state index contributed by atoms with van der Waals surface area (Å²) in [5.74, 6) is -0.497. The van der Waals surface area contributed by atoms with Crippen molar-refractivity contribution in [2.45, 2.75) is 56.4 Å². The molecule has 442 valence electrons. The molecule has 1 aromatic heterocycles. The number of Topliss-reactive ketones (excluding diaryl/α,β-unsaturated/α-hetero) is 1. The maximum absolute atomic E-state index is 12.4. The molecule has 1 aliphatic rings. The molecule has 79 heavy (non-hydrogen) atoms. The van der Waals surface area contributed by atoms with E-state index in [9.17, 15) is 18.0 Å². The molecular weight excluding hydrogens is 1070 g/mol. The molecule has 0 fully saturated rings. The smallest absolute Gasteiger partial charge is 0.264 e. The molecule has 0 saturated carbocycles. The van der Waals surface area contributed by atoms with Crippen LogP contribution in [0.5, 0.6) is 0 Å². The van der Waals surface area contributed by atoms with Crippen molar-refractivity contribution >= 4 is 61.9 Å². The summed E-state index contributed by atoms with van der Waals surface area (Å²) in [6.45, 7) is 11.7. The number of ketones is 1. The second-order valence-electron chi connectivity index (χ2n) is 17.7. The van der Waals surface area contributed by atoms with Crippen molar-refractivity contribution in [1.29, 1.82) is 0 Å². The highest BCUT2D eigenvalue weighted by Crippen LogP contribution is 2.47. The average Bonchev–Trinajstić information content (AvgIpc) is 3.76. The highest BCUT2D eigenvalue weighted by atomic mass is 32.2. The number of nitrogens with zero attached hydrogens (tertiary/aromatic N) is 5. The van der Waals surface area contributed by atoms with Gasteiger partial charge in [-0.05, 0) is 54.6 Å². The molecule has 2 N–H and O–H groups in total. The number of fused-ring (bicyclic) bond motifs is 2. The Balaban J connectivity index is 0.804. The quantitative estimate of drug-likeness (QED) is 0.0161. The molecule has 0 aliphatic carbocycles. The van der Waals surface area contributed by atoms with Crippen LogP contribution in [0.2, 0.25) is 0 Å². The van der Waals surface area contributed by atoms with Gasteiger partial charge in [0.2, 0.25) is 11.4 Å². The number of rotatable bonds is 51. The molecule has 0 bridgehead atoms. The van der Waals surface area contributed by atoms with Gasteiger partial charge < -0.3 is 67.1 Å². The lowest BCUT2D eigenvalue weighted by Crippen LogP contribution is -2.34. The van der Waals surface area contributed by atoms with Gasteiger partial charge in [-0.1, -0.05) is 35.1 Å². The number of para-hydroxylation sites is 1. The summed E-state index contributed by atoms with van der Waals surface area (Å²) in [5, 5.41) is 8.96. The van der Waals surface area contributed by atoms with E-state index < -0.39 is 15.9 Å². The lowest BCUT2D eigenvalue weighted by molar-refractivity contribution is -0.671. The number of carbonyl (C=O) groups is 2. The zero-order valence-electron chi connectivity index (χ0n) is 45.8. The number of carbonyl (C=O) groups excluding carboxylic acids is 2. The zero-order valence-corrected chi connectivity index (χ0v) is 47.5. The number of benzene rings is 2. The Hall–Kier alpha value is -4.38. The molecule has 23 nitrogen and oxygen atoms in total. The standard InChI is InChI=1S/C54H82N6O17S2/c1-59-51-13-12-47(57-58-55)45-52(51)78-54(59)44-46-14-18-60(50-10-5-4-9-49(46)50)17-6-2-3-11-53(62)56-16-20-67-22-24-69-26-28-71-30-32-73-34-36-75-38-40-77-42-41-76-39-37-74-35-33-72-31-29-70-27-25-68-23-21-66-19-15-48(61)8-7-43-79(63,64)65/h4-5,9-10,12-14,18,44-45H,2-3,6-8,11,15-17,19-43H2,1H3,(H-,56,62,63,64,65)/p+1. The number of nitrogens with one attached hydrogen (secondary N) is 1. The normalized spacial score (nSPS) is 12.9. The number of ether oxygens (including phenoxy) is 12. The molecule has 0 saturated heterocycles. The minimum atomic E-state index is -4.03. The van der Waals surface area contributed by atoms with Crippen molar-refractivity contribution in [3.8, 4) is 0 Å². The summed E-state index contributed by atoms with van der Waals surface area (Å²) in [6.07, 6.45) is 7.94. The second-order valence-corrected chi connectivity index (χ2v) is 20.3. The van der Waals surface area contributed by atoms with Crippen molar-refractivity contribution in [3.05, 3.63) is 75.8 Å². The van der Waals surface area contributed by atoms with E-state index in [2.05, 4.69) is 67.4 Å². The largest absolute Gasteiger partial charge is 0.379 e. The van der Waals surface area contributed by atoms with E-state index in [1.807, 2.05) is 25.2 Å². The van der Waals surface area contributed by atoms with E-state index in [0.717, 1.165) is 52.5 Å². The van der Waals surface area contributed by atoms with Crippen molar-refractivity contribution < 1.29 is 84.0 Å². The predicted octanol–water partition coefficient (Wildman–Crippen LogP) is 6.11. The molecule has 0 unspecified atom stereocenters. The number of hydrogen-bond acceptors (Lipinski definition) is 19. The first-order valence-electron chi connectivity index (χ1n) is 27.0. The minimum absolute atomic E-state index is 0.0331. The number of amides is 1. The van der Waals surface area contributed by atoms with E-state index in [-0.39, 0.29) is 37.6 Å². The number of azide groups is 1. The lowest BCUT2D eigenvalue weighted by Gasteiger charge is -2.14. The van der Waals surface area contributed by atoms with Crippen LogP contribution in [-0.2, 0) is 83.1 Å². The number of hydrogen-bond donors (Lipinski definition) is 2. The zero-order chi connectivity index (χ0) is 56.3. The van der Waals surface area contributed by atoms with Gasteiger partial charge in [0.1, 0.15) is 12.3 Å². The molecule has 0 radical (unpaired) electrons. The van der Waals surface area contributed by atoms with Gasteiger partial charge >= 0.3 is 0 Å². The fraction of sp³-hybridized carbons (Fsp3) is 0.648. The third-order valence-corrected chi connectivity index (χ3v) is 13.5. The van der Waals surface area contributed by atoms with Gasteiger partial charge in [-0.3, -0.25) is 14.1 Å². The molecule has 2 heterocycles. The van der Waals surface area contributed by atoms with Gasteiger partial charge in [0.15, 0.2) is 6.20 Å². The van der Waals surface area contributed by atoms with Crippen molar-refractivity contribution in [1.82, 2.24) is 5.32 Å². The van der Waals surface area contributed by atoms with Gasteiger partial charge in [0, 0.05) is 66.9 Å². The lowest BCUT2D eigenvalue weighted by atomic mass is 10.1. The van der Waals surface area contributed by atoms with Gasteiger partial charge in [-0.2, -0.15) is 13.0 Å². The number of thioether (sulfide) groups is 1. The molecule has 1 aliphatic heterocycles. The van der Waals surface area contributed by atoms with Crippen LogP contribution in [0.25, 0.3) is 27.4 Å². The summed E-state index contributed by atoms with van der Waals surface area (Å²) in [5.41, 5.74) is 12.8. The van der Waals surface area contributed by atoms with E-state index in [0.29, 0.717) is 171 Å². The second kappa shape index (κ2) is 43.4. The maximum atomic E-state index is 12.4. The maximum Gasteiger partial charge on any atom is 0.264 e. The van der Waals surface area contributed by atoms with Crippen molar-refractivity contribution in [3.63, 3.8) is 0 Å². The number of unbranched alkanes of at least 4 members (excludes halogenated alkanes) is 2. The van der Waals surface area contributed by atoms with Crippen LogP contribution >= 0.6 is 11.8 Å². The molecular formula is C54H83N6O17S2+. The van der Waals surface area contributed by atoms with Crippen LogP contribution in [0, 0.1) is 0 Å². The molecule has 0 spiro atoms. The first kappa shape index (κ1) is 67.1. The summed E-state index contributed by atoms with van der Waals surface area (Å²) in [4.78, 5) is 30.2. The topological polar surface area (TPSA) is 267 Å². The average molecular weight is 1150 g/mol. The number of pyridine rings is 1. The first-order chi connectivity index (χ1) is 38.6. The fourth-order valence-corrected chi connectivity index (χ4v) is 9.19. The fourth-order valence-electron chi connectivity index (χ4n) is 7.54. The van der Waals surface area contributed by atoms with Gasteiger partial charge in [-0.15, -0.1) is 0 Å². The monoisotopic (exact) mass is 1150 g/mol. The third-order valence-electron chi connectivity index (χ3n) is 11.6. The Kier molecular flexibility index (Phi) is 36.8. The highest BCUT2D eigenvalue weighted by Gasteiger charge is 2.23. The van der Waals surface area contributed by atoms with Crippen LogP contribution in [0.15, 0.2) is 69.8 Å². The molecule has 3 aromatic rings. The van der Waals surface area contributed by atoms with Gasteiger partial charge in [-0.25, -0.2) is 0 Å². The van der Waals surface area contributed by atoms with Crippen molar-refractivity contribution in [2.75, 3.05) is 183 Å². The minimum Gasteiger partial charge on any atom is -0.379 e. The van der Waals surface area contributed by atoms with Crippen LogP contribution in [0.3, 0.4) is 0 Å². The van der Waals surface area contributed by atoms with E-state index >= 15 is 0 Å². The van der Waals surface area contributed by atoms with Crippen LogP contribution in [0.1, 0.15) is 50.5 Å². The Morgan fingerprint density at radius 2 is 1.13 bits per heavy atom. The molecule has 1 amide bonds. The Morgan fingerprint density at radius 1 is 0.633 bits per heavy atom. The van der Waals surface area contributed by atoms with Crippen LogP contribution in [-0.4, -0.2) is 203 Å². The van der Waals surface area contributed by atoms with Gasteiger partial charge in [0.05, 0.1) is 180 Å². The summed E-state index contributed by atoms with van der Waals surface area (Å²) in [6, 6.07) is 16.3. The van der Waals surface area contributed by atoms with Gasteiger partial charge in [0.25, 0.3) is 10.1 Å². The Morgan fingerprint density at radius 3 is 1.63 bits per heavy atom. The summed E-state index contributed by atoms with van der Waals surface area (Å²) in [7, 11) is -1.99. The number of anilines is 1. The summed E-state index contributed by atoms with van der Waals surface area (Å²) < 4.78 is 98.2. The van der Waals surface area contributed by atoms with E-state index in [4.69, 9.17) is 66.9 Å². The third kappa shape index (κ3) is 32.0. The van der Waals surface area contributed by atoms with Crippen molar-refractivity contribution in [2.24, 2.45) is 5.11 Å². The molecule has 4 rings (SSSR count). The van der Waals surface area contributed by atoms with Crippen LogP contribution in [0.4, 0.5) is 11.4 Å². The number of aryl methyl sites for hydroxylation is 1. The Bertz CT molecular complexity index is 2350. The molecule has 25 heteroatoms. The SMILES string of the molecule is CN1C(=Cc2cc[n+](CCCCCC(=O)NCCOCCOCCOCCOCCOCCOCCOCCOCCOCCOCCOCCOCCC(=O)CCCS(=O)(=O)O)c3ccccc23)Sc2cc(N=[N+]=[N-])ccc21. The first-order valence-corrected chi connectivity index (χ1v) is 29.5. The predicted molar refractivity (Wildman–Crippen MR) is 298 cm³/mol. The van der Waals surface area contributed by atoms with Crippen LogP contribution < -0.4 is 14.8 Å². The number of aromatic nitrogens is 1.